The molecule has 3 aromatic rings. The highest BCUT2D eigenvalue weighted by Gasteiger charge is 2.19. The predicted molar refractivity (Wildman–Crippen MR) is 117 cm³/mol. The first-order chi connectivity index (χ1) is 14.2. The van der Waals surface area contributed by atoms with Crippen LogP contribution in [-0.2, 0) is 14.8 Å². The van der Waals surface area contributed by atoms with Crippen LogP contribution in [0.2, 0.25) is 0 Å². The molecule has 3 N–H and O–H groups in total. The Balaban J connectivity index is 1.83. The Labute approximate surface area is 175 Å². The van der Waals surface area contributed by atoms with Crippen molar-refractivity contribution >= 4 is 38.9 Å². The van der Waals surface area contributed by atoms with Crippen LogP contribution in [-0.4, -0.2) is 20.2 Å². The molecule has 3 aromatic carbocycles. The van der Waals surface area contributed by atoms with Gasteiger partial charge in [-0.3, -0.25) is 14.3 Å². The Kier molecular flexibility index (Phi) is 6.17. The highest BCUT2D eigenvalue weighted by Crippen LogP contribution is 2.22. The summed E-state index contributed by atoms with van der Waals surface area (Å²) in [5, 5.41) is 5.35. The molecule has 30 heavy (non-hydrogen) atoms. The third-order valence-corrected chi connectivity index (χ3v) is 5.56. The van der Waals surface area contributed by atoms with Crippen LogP contribution in [0.15, 0.2) is 77.7 Å². The second-order valence-electron chi connectivity index (χ2n) is 6.68. The summed E-state index contributed by atoms with van der Waals surface area (Å²) < 4.78 is 28.0. The normalized spacial score (nSPS) is 10.9. The Morgan fingerprint density at radius 1 is 0.800 bits per heavy atom. The van der Waals surface area contributed by atoms with Crippen molar-refractivity contribution < 1.29 is 18.0 Å². The van der Waals surface area contributed by atoms with Gasteiger partial charge in [0.1, 0.15) is 0 Å². The van der Waals surface area contributed by atoms with Crippen LogP contribution in [0.1, 0.15) is 22.8 Å². The molecule has 8 heteroatoms. The Hall–Kier alpha value is -3.65. The predicted octanol–water partition coefficient (Wildman–Crippen LogP) is 4.01. The minimum absolute atomic E-state index is 0.00509. The highest BCUT2D eigenvalue weighted by atomic mass is 32.2. The second kappa shape index (κ2) is 8.79. The average Bonchev–Trinajstić information content (AvgIpc) is 2.68. The number of hydrogen-bond acceptors (Lipinski definition) is 4. The van der Waals surface area contributed by atoms with Crippen molar-refractivity contribution in [3.8, 4) is 0 Å². The minimum atomic E-state index is -3.94. The average molecular weight is 423 g/mol. The molecule has 0 aliphatic heterocycles. The quantitative estimate of drug-likeness (QED) is 0.557. The molecule has 0 atom stereocenters. The van der Waals surface area contributed by atoms with Gasteiger partial charge in [-0.2, -0.15) is 0 Å². The zero-order chi connectivity index (χ0) is 21.7. The number of para-hydroxylation sites is 1. The standard InChI is InChI=1S/C22H21N3O4S/c1-15-6-5-7-18(14-15)24-22(27)20-8-3-4-9-21(20)25-30(28,29)19-12-10-17(11-13-19)23-16(2)26/h3-14,25H,1-2H3,(H,23,26)(H,24,27). The van der Waals surface area contributed by atoms with Crippen molar-refractivity contribution in [1.82, 2.24) is 0 Å². The summed E-state index contributed by atoms with van der Waals surface area (Å²) in [4.78, 5) is 23.8. The molecule has 0 aliphatic rings. The van der Waals surface area contributed by atoms with E-state index < -0.39 is 15.9 Å². The Bertz CT molecular complexity index is 1190. The number of anilines is 3. The molecule has 0 saturated carbocycles. The Morgan fingerprint density at radius 3 is 2.17 bits per heavy atom. The maximum atomic E-state index is 12.8. The van der Waals surface area contributed by atoms with E-state index in [1.165, 1.54) is 37.3 Å². The second-order valence-corrected chi connectivity index (χ2v) is 8.36. The van der Waals surface area contributed by atoms with E-state index in [9.17, 15) is 18.0 Å². The first kappa shape index (κ1) is 21.1. The van der Waals surface area contributed by atoms with E-state index >= 15 is 0 Å². The zero-order valence-corrected chi connectivity index (χ0v) is 17.3. The number of sulfonamides is 1. The van der Waals surface area contributed by atoms with Gasteiger partial charge in [-0.1, -0.05) is 24.3 Å². The van der Waals surface area contributed by atoms with Crippen molar-refractivity contribution in [3.05, 3.63) is 83.9 Å². The first-order valence-electron chi connectivity index (χ1n) is 9.12. The number of amides is 2. The van der Waals surface area contributed by atoms with Crippen LogP contribution in [0.4, 0.5) is 17.1 Å². The number of aryl methyl sites for hydroxylation is 1. The molecule has 0 heterocycles. The smallest absolute Gasteiger partial charge is 0.261 e. The van der Waals surface area contributed by atoms with Crippen LogP contribution >= 0.6 is 0 Å². The van der Waals surface area contributed by atoms with Gasteiger partial charge in [0.15, 0.2) is 0 Å². The lowest BCUT2D eigenvalue weighted by Gasteiger charge is -2.13. The number of carbonyl (C=O) groups excluding carboxylic acids is 2. The number of rotatable bonds is 6. The largest absolute Gasteiger partial charge is 0.326 e. The van der Waals surface area contributed by atoms with E-state index in [1.54, 1.807) is 24.3 Å². The van der Waals surface area contributed by atoms with Crippen LogP contribution in [0, 0.1) is 6.92 Å². The number of benzene rings is 3. The van der Waals surface area contributed by atoms with E-state index in [4.69, 9.17) is 0 Å². The summed E-state index contributed by atoms with van der Waals surface area (Å²) in [6, 6.07) is 19.4. The summed E-state index contributed by atoms with van der Waals surface area (Å²) in [5.41, 5.74) is 2.45. The van der Waals surface area contributed by atoms with E-state index in [2.05, 4.69) is 15.4 Å². The van der Waals surface area contributed by atoms with Gasteiger partial charge in [-0.25, -0.2) is 8.42 Å². The third kappa shape index (κ3) is 5.24. The third-order valence-electron chi connectivity index (χ3n) is 4.18. The molecule has 2 amide bonds. The van der Waals surface area contributed by atoms with Gasteiger partial charge < -0.3 is 10.6 Å². The van der Waals surface area contributed by atoms with Crippen LogP contribution < -0.4 is 15.4 Å². The summed E-state index contributed by atoms with van der Waals surface area (Å²) >= 11 is 0. The van der Waals surface area contributed by atoms with Gasteiger partial charge in [0, 0.05) is 18.3 Å². The lowest BCUT2D eigenvalue weighted by Crippen LogP contribution is -2.18. The fraction of sp³-hybridized carbons (Fsp3) is 0.0909. The maximum absolute atomic E-state index is 12.8. The van der Waals surface area contributed by atoms with E-state index in [0.717, 1.165) is 5.56 Å². The molecule has 0 radical (unpaired) electrons. The monoisotopic (exact) mass is 423 g/mol. The topological polar surface area (TPSA) is 104 Å². The number of carbonyl (C=O) groups is 2. The highest BCUT2D eigenvalue weighted by molar-refractivity contribution is 7.92. The molecule has 3 rings (SSSR count). The fourth-order valence-corrected chi connectivity index (χ4v) is 3.90. The molecule has 0 bridgehead atoms. The molecule has 7 nitrogen and oxygen atoms in total. The van der Waals surface area contributed by atoms with Crippen molar-refractivity contribution in [2.24, 2.45) is 0 Å². The molecule has 154 valence electrons. The molecule has 0 unspecified atom stereocenters. The lowest BCUT2D eigenvalue weighted by atomic mass is 10.1. The fourth-order valence-electron chi connectivity index (χ4n) is 2.82. The molecule has 0 aliphatic carbocycles. The van der Waals surface area contributed by atoms with Gasteiger partial charge in [0.05, 0.1) is 16.1 Å². The number of nitrogens with one attached hydrogen (secondary N) is 3. The molecular formula is C22H21N3O4S. The maximum Gasteiger partial charge on any atom is 0.261 e. The Morgan fingerprint density at radius 2 is 1.50 bits per heavy atom. The summed E-state index contributed by atoms with van der Waals surface area (Å²) in [6.07, 6.45) is 0. The first-order valence-corrected chi connectivity index (χ1v) is 10.6. The van der Waals surface area contributed by atoms with E-state index in [-0.39, 0.29) is 22.1 Å². The molecule has 0 fully saturated rings. The van der Waals surface area contributed by atoms with Crippen LogP contribution in [0.25, 0.3) is 0 Å². The lowest BCUT2D eigenvalue weighted by molar-refractivity contribution is -0.114. The van der Waals surface area contributed by atoms with Gasteiger partial charge in [-0.05, 0) is 61.0 Å². The SMILES string of the molecule is CC(=O)Nc1ccc(S(=O)(=O)Nc2ccccc2C(=O)Nc2cccc(C)c2)cc1. The van der Waals surface area contributed by atoms with Crippen molar-refractivity contribution in [2.75, 3.05) is 15.4 Å². The molecule has 0 spiro atoms. The van der Waals surface area contributed by atoms with Crippen LogP contribution in [0.5, 0.6) is 0 Å². The summed E-state index contributed by atoms with van der Waals surface area (Å²) in [6.45, 7) is 3.28. The molecule has 0 saturated heterocycles. The van der Waals surface area contributed by atoms with Crippen LogP contribution in [0.3, 0.4) is 0 Å². The van der Waals surface area contributed by atoms with Gasteiger partial charge in [0.25, 0.3) is 15.9 Å². The summed E-state index contributed by atoms with van der Waals surface area (Å²) in [5.74, 6) is -0.683. The van der Waals surface area contributed by atoms with Gasteiger partial charge in [0.2, 0.25) is 5.91 Å². The van der Waals surface area contributed by atoms with Gasteiger partial charge >= 0.3 is 0 Å². The van der Waals surface area contributed by atoms with Crippen molar-refractivity contribution in [3.63, 3.8) is 0 Å². The summed E-state index contributed by atoms with van der Waals surface area (Å²) in [7, 11) is -3.94. The molecular weight excluding hydrogens is 402 g/mol. The number of hydrogen-bond donors (Lipinski definition) is 3. The zero-order valence-electron chi connectivity index (χ0n) is 16.5. The van der Waals surface area contributed by atoms with Crippen molar-refractivity contribution in [1.29, 1.82) is 0 Å². The van der Waals surface area contributed by atoms with Gasteiger partial charge in [-0.15, -0.1) is 0 Å². The molecule has 0 aromatic heterocycles. The van der Waals surface area contributed by atoms with E-state index in [0.29, 0.717) is 11.4 Å². The van der Waals surface area contributed by atoms with Crippen molar-refractivity contribution in [2.45, 2.75) is 18.7 Å². The van der Waals surface area contributed by atoms with E-state index in [1.807, 2.05) is 25.1 Å². The minimum Gasteiger partial charge on any atom is -0.326 e.